The molecule has 8 heteroatoms. The Balaban J connectivity index is 0.000000333. The molecule has 25 heavy (non-hydrogen) atoms. The summed E-state index contributed by atoms with van der Waals surface area (Å²) in [6.07, 6.45) is 0.0876. The second-order valence-electron chi connectivity index (χ2n) is 5.45. The van der Waals surface area contributed by atoms with Crippen LogP contribution in [0.3, 0.4) is 0 Å². The van der Waals surface area contributed by atoms with Crippen molar-refractivity contribution in [1.29, 1.82) is 0 Å². The van der Waals surface area contributed by atoms with Gasteiger partial charge in [-0.15, -0.1) is 0 Å². The molecule has 1 aromatic carbocycles. The molecule has 1 aliphatic rings. The van der Waals surface area contributed by atoms with Gasteiger partial charge in [-0.1, -0.05) is 30.3 Å². The van der Waals surface area contributed by atoms with Gasteiger partial charge < -0.3 is 25.1 Å². The number of benzene rings is 1. The molecular formula is C17H22N2O6. The lowest BCUT2D eigenvalue weighted by molar-refractivity contribution is -0.142. The number of rotatable bonds is 4. The second kappa shape index (κ2) is 10.2. The highest BCUT2D eigenvalue weighted by Crippen LogP contribution is 2.16. The molecule has 1 saturated heterocycles. The number of carboxylic acids is 2. The van der Waals surface area contributed by atoms with Gasteiger partial charge >= 0.3 is 11.9 Å². The number of carboxylic acid groups (broad SMARTS) is 2. The Morgan fingerprint density at radius 3 is 1.88 bits per heavy atom. The first-order chi connectivity index (χ1) is 11.8. The zero-order chi connectivity index (χ0) is 18.8. The first-order valence-electron chi connectivity index (χ1n) is 7.65. The third kappa shape index (κ3) is 7.60. The maximum absolute atomic E-state index is 12.1. The molecule has 1 fully saturated rings. The Morgan fingerprint density at radius 2 is 1.44 bits per heavy atom. The van der Waals surface area contributed by atoms with Crippen molar-refractivity contribution in [3.8, 4) is 0 Å². The van der Waals surface area contributed by atoms with Crippen molar-refractivity contribution >= 4 is 17.8 Å². The second-order valence-corrected chi connectivity index (χ2v) is 5.45. The van der Waals surface area contributed by atoms with Crippen LogP contribution in [0.15, 0.2) is 42.5 Å². The summed E-state index contributed by atoms with van der Waals surface area (Å²) in [5.41, 5.74) is 0.663. The van der Waals surface area contributed by atoms with E-state index in [4.69, 9.17) is 10.2 Å². The maximum Gasteiger partial charge on any atom is 0.328 e. The highest BCUT2D eigenvalue weighted by molar-refractivity contribution is 5.89. The maximum atomic E-state index is 12.1. The zero-order valence-corrected chi connectivity index (χ0v) is 13.9. The molecule has 0 spiro atoms. The molecule has 1 amide bonds. The number of nitrogens with zero attached hydrogens (tertiary/aromatic N) is 2. The van der Waals surface area contributed by atoms with Crippen molar-refractivity contribution in [3.05, 3.63) is 48.0 Å². The summed E-state index contributed by atoms with van der Waals surface area (Å²) >= 11 is 0. The normalized spacial score (nSPS) is 16.0. The zero-order valence-electron chi connectivity index (χ0n) is 13.9. The third-order valence-corrected chi connectivity index (χ3v) is 3.53. The summed E-state index contributed by atoms with van der Waals surface area (Å²) in [5.74, 6) is -2.70. The van der Waals surface area contributed by atoms with Crippen LogP contribution in [0.2, 0.25) is 0 Å². The summed E-state index contributed by atoms with van der Waals surface area (Å²) in [5, 5.41) is 25.6. The monoisotopic (exact) mass is 350 g/mol. The molecule has 1 atom stereocenters. The molecular weight excluding hydrogens is 328 g/mol. The van der Waals surface area contributed by atoms with E-state index in [1.807, 2.05) is 25.2 Å². The van der Waals surface area contributed by atoms with Crippen molar-refractivity contribution < 1.29 is 29.7 Å². The van der Waals surface area contributed by atoms with Crippen molar-refractivity contribution in [2.24, 2.45) is 0 Å². The minimum atomic E-state index is -1.26. The largest absolute Gasteiger partial charge is 0.478 e. The minimum absolute atomic E-state index is 0.190. The lowest BCUT2D eigenvalue weighted by Gasteiger charge is -2.33. The van der Waals surface area contributed by atoms with Crippen molar-refractivity contribution in [2.45, 2.75) is 6.10 Å². The minimum Gasteiger partial charge on any atom is -0.478 e. The van der Waals surface area contributed by atoms with Crippen LogP contribution in [0.4, 0.5) is 0 Å². The number of aliphatic hydroxyl groups excluding tert-OH is 1. The predicted octanol–water partition coefficient (Wildman–Crippen LogP) is 0.206. The number of hydrogen-bond acceptors (Lipinski definition) is 5. The fourth-order valence-corrected chi connectivity index (χ4v) is 2.12. The number of amides is 1. The Morgan fingerprint density at radius 1 is 0.960 bits per heavy atom. The van der Waals surface area contributed by atoms with E-state index in [1.165, 1.54) is 0 Å². The van der Waals surface area contributed by atoms with Gasteiger partial charge in [0.2, 0.25) is 0 Å². The number of aliphatic carboxylic acids is 2. The van der Waals surface area contributed by atoms with E-state index in [0.717, 1.165) is 13.1 Å². The van der Waals surface area contributed by atoms with E-state index in [1.54, 1.807) is 17.0 Å². The fourth-order valence-electron chi connectivity index (χ4n) is 2.12. The van der Waals surface area contributed by atoms with Gasteiger partial charge in [-0.2, -0.15) is 0 Å². The number of carbonyl (C=O) groups is 3. The van der Waals surface area contributed by atoms with Gasteiger partial charge in [-0.05, 0) is 12.6 Å². The van der Waals surface area contributed by atoms with Crippen LogP contribution in [0, 0.1) is 0 Å². The molecule has 0 saturated carbocycles. The van der Waals surface area contributed by atoms with E-state index in [-0.39, 0.29) is 5.91 Å². The van der Waals surface area contributed by atoms with Crippen LogP contribution in [0.25, 0.3) is 0 Å². The summed E-state index contributed by atoms with van der Waals surface area (Å²) in [4.78, 5) is 35.1. The Labute approximate surface area is 145 Å². The van der Waals surface area contributed by atoms with E-state index in [2.05, 4.69) is 4.90 Å². The molecule has 1 unspecified atom stereocenters. The molecule has 0 aliphatic carbocycles. The average molecular weight is 350 g/mol. The van der Waals surface area contributed by atoms with Crippen LogP contribution in [-0.4, -0.2) is 76.2 Å². The van der Waals surface area contributed by atoms with Crippen molar-refractivity contribution in [2.75, 3.05) is 33.2 Å². The van der Waals surface area contributed by atoms with Gasteiger partial charge in [0.15, 0.2) is 6.10 Å². The Kier molecular flexibility index (Phi) is 8.31. The first kappa shape index (κ1) is 20.3. The van der Waals surface area contributed by atoms with Gasteiger partial charge in [-0.25, -0.2) is 9.59 Å². The molecule has 3 N–H and O–H groups in total. The summed E-state index contributed by atoms with van der Waals surface area (Å²) in [6, 6.07) is 9.08. The Hall–Kier alpha value is -2.71. The number of carbonyl (C=O) groups excluding carboxylic acids is 1. The molecule has 136 valence electrons. The molecule has 1 heterocycles. The topological polar surface area (TPSA) is 118 Å². The smallest absolute Gasteiger partial charge is 0.328 e. The highest BCUT2D eigenvalue weighted by atomic mass is 16.4. The van der Waals surface area contributed by atoms with E-state index < -0.39 is 18.0 Å². The van der Waals surface area contributed by atoms with Crippen molar-refractivity contribution in [3.63, 3.8) is 0 Å². The number of likely N-dealkylation sites (N-methyl/N-ethyl adjacent to an activating group) is 1. The average Bonchev–Trinajstić information content (AvgIpc) is 2.60. The van der Waals surface area contributed by atoms with Crippen LogP contribution in [0.1, 0.15) is 11.7 Å². The summed E-state index contributed by atoms with van der Waals surface area (Å²) in [7, 11) is 2.04. The molecule has 1 aliphatic heterocycles. The molecule has 0 radical (unpaired) electrons. The summed E-state index contributed by atoms with van der Waals surface area (Å²) in [6.45, 7) is 3.12. The molecule has 0 bridgehead atoms. The molecule has 2 rings (SSSR count). The van der Waals surface area contributed by atoms with Crippen LogP contribution >= 0.6 is 0 Å². The molecule has 0 aromatic heterocycles. The number of aliphatic hydroxyl groups is 1. The van der Waals surface area contributed by atoms with E-state index >= 15 is 0 Å². The van der Waals surface area contributed by atoms with Gasteiger partial charge in [0.25, 0.3) is 5.91 Å². The SMILES string of the molecule is CN1CCN(C(=O)C(O)c2ccccc2)CC1.O=C(O)/C=C/C(=O)O. The van der Waals surface area contributed by atoms with Crippen LogP contribution in [0.5, 0.6) is 0 Å². The standard InChI is InChI=1S/C13H18N2O2.C4H4O4/c1-14-7-9-15(10-8-14)13(17)12(16)11-5-3-2-4-6-11;5-3(6)1-2-4(7)8/h2-6,12,16H,7-10H2,1H3;1-2H,(H,5,6)(H,7,8)/b;2-1+. The van der Waals surface area contributed by atoms with Crippen LogP contribution in [-0.2, 0) is 14.4 Å². The first-order valence-corrected chi connectivity index (χ1v) is 7.65. The summed E-state index contributed by atoms with van der Waals surface area (Å²) < 4.78 is 0. The third-order valence-electron chi connectivity index (χ3n) is 3.53. The quantitative estimate of drug-likeness (QED) is 0.664. The molecule has 1 aromatic rings. The number of piperazine rings is 1. The van der Waals surface area contributed by atoms with Gasteiger partial charge in [0.1, 0.15) is 0 Å². The van der Waals surface area contributed by atoms with Gasteiger partial charge in [-0.3, -0.25) is 4.79 Å². The lowest BCUT2D eigenvalue weighted by atomic mass is 10.1. The highest BCUT2D eigenvalue weighted by Gasteiger charge is 2.25. The Bertz CT molecular complexity index is 593. The fraction of sp³-hybridized carbons (Fsp3) is 0.353. The molecule has 8 nitrogen and oxygen atoms in total. The lowest BCUT2D eigenvalue weighted by Crippen LogP contribution is -2.48. The van der Waals surface area contributed by atoms with E-state index in [0.29, 0.717) is 30.8 Å². The van der Waals surface area contributed by atoms with Gasteiger partial charge in [0, 0.05) is 38.3 Å². The van der Waals surface area contributed by atoms with E-state index in [9.17, 15) is 19.5 Å². The predicted molar refractivity (Wildman–Crippen MR) is 89.9 cm³/mol. The van der Waals surface area contributed by atoms with Crippen molar-refractivity contribution in [1.82, 2.24) is 9.80 Å². The number of hydrogen-bond donors (Lipinski definition) is 3. The van der Waals surface area contributed by atoms with Crippen LogP contribution < -0.4 is 0 Å². The van der Waals surface area contributed by atoms with Gasteiger partial charge in [0.05, 0.1) is 0 Å².